The summed E-state index contributed by atoms with van der Waals surface area (Å²) in [7, 11) is 0. The molecular weight excluding hydrogens is 240 g/mol. The molecule has 1 unspecified atom stereocenters. The summed E-state index contributed by atoms with van der Waals surface area (Å²) in [5, 5.41) is 0. The fourth-order valence-electron chi connectivity index (χ4n) is 2.85. The fourth-order valence-corrected chi connectivity index (χ4v) is 2.85. The first-order chi connectivity index (χ1) is 9.24. The zero-order valence-electron chi connectivity index (χ0n) is 11.5. The first-order valence-electron chi connectivity index (χ1n) is 7.32. The molecule has 3 rings (SSSR count). The molecular formula is C15H22N2O2. The minimum Gasteiger partial charge on any atom is -0.467 e. The second-order valence-electron chi connectivity index (χ2n) is 5.91. The lowest BCUT2D eigenvalue weighted by atomic mass is 10.0. The normalized spacial score (nSPS) is 23.4. The van der Waals surface area contributed by atoms with Crippen molar-refractivity contribution < 1.29 is 9.21 Å². The van der Waals surface area contributed by atoms with Gasteiger partial charge in [-0.25, -0.2) is 4.79 Å². The molecule has 2 amide bonds. The predicted molar refractivity (Wildman–Crippen MR) is 72.6 cm³/mol. The second kappa shape index (κ2) is 5.27. The zero-order valence-corrected chi connectivity index (χ0v) is 11.5. The number of likely N-dealkylation sites (tertiary alicyclic amines) is 1. The molecule has 0 aromatic carbocycles. The summed E-state index contributed by atoms with van der Waals surface area (Å²) in [4.78, 5) is 16.7. The van der Waals surface area contributed by atoms with E-state index in [2.05, 4.69) is 6.92 Å². The molecule has 4 heteroatoms. The van der Waals surface area contributed by atoms with Crippen molar-refractivity contribution in [1.82, 2.24) is 9.80 Å². The van der Waals surface area contributed by atoms with E-state index in [-0.39, 0.29) is 6.03 Å². The zero-order chi connectivity index (χ0) is 13.2. The summed E-state index contributed by atoms with van der Waals surface area (Å²) in [6.45, 7) is 4.65. The van der Waals surface area contributed by atoms with Crippen LogP contribution in [0.5, 0.6) is 0 Å². The third-order valence-electron chi connectivity index (χ3n) is 4.07. The monoisotopic (exact) mass is 262 g/mol. The van der Waals surface area contributed by atoms with E-state index in [1.165, 1.54) is 6.42 Å². The SMILES string of the molecule is CC1CCCN(C(=O)N(Cc2ccco2)C2CC2)C1. The van der Waals surface area contributed by atoms with Crippen LogP contribution in [0.3, 0.4) is 0 Å². The predicted octanol–water partition coefficient (Wildman–Crippen LogP) is 3.10. The number of nitrogens with zero attached hydrogens (tertiary/aromatic N) is 2. The van der Waals surface area contributed by atoms with Crippen LogP contribution >= 0.6 is 0 Å². The number of carbonyl (C=O) groups excluding carboxylic acids is 1. The lowest BCUT2D eigenvalue weighted by Crippen LogP contribution is -2.47. The Balaban J connectivity index is 1.67. The maximum Gasteiger partial charge on any atom is 0.320 e. The van der Waals surface area contributed by atoms with E-state index in [4.69, 9.17) is 4.42 Å². The van der Waals surface area contributed by atoms with Crippen molar-refractivity contribution in [3.63, 3.8) is 0 Å². The van der Waals surface area contributed by atoms with Crippen LogP contribution in [-0.4, -0.2) is 35.0 Å². The molecule has 1 atom stereocenters. The molecule has 4 nitrogen and oxygen atoms in total. The Morgan fingerprint density at radius 3 is 2.95 bits per heavy atom. The van der Waals surface area contributed by atoms with Crippen LogP contribution < -0.4 is 0 Å². The number of piperidine rings is 1. The average Bonchev–Trinajstić information content (AvgIpc) is 3.12. The lowest BCUT2D eigenvalue weighted by Gasteiger charge is -2.35. The number of rotatable bonds is 3. The number of furan rings is 1. The molecule has 2 aliphatic rings. The van der Waals surface area contributed by atoms with E-state index >= 15 is 0 Å². The smallest absolute Gasteiger partial charge is 0.320 e. The van der Waals surface area contributed by atoms with Gasteiger partial charge >= 0.3 is 6.03 Å². The van der Waals surface area contributed by atoms with Gasteiger partial charge in [0.2, 0.25) is 0 Å². The second-order valence-corrected chi connectivity index (χ2v) is 5.91. The van der Waals surface area contributed by atoms with Crippen LogP contribution in [0.1, 0.15) is 38.4 Å². The lowest BCUT2D eigenvalue weighted by molar-refractivity contribution is 0.123. The highest BCUT2D eigenvalue weighted by molar-refractivity contribution is 5.75. The van der Waals surface area contributed by atoms with Crippen LogP contribution in [0.25, 0.3) is 0 Å². The van der Waals surface area contributed by atoms with Crippen molar-refractivity contribution in [2.24, 2.45) is 5.92 Å². The van der Waals surface area contributed by atoms with E-state index in [1.54, 1.807) is 6.26 Å². The van der Waals surface area contributed by atoms with Gasteiger partial charge in [-0.05, 0) is 43.7 Å². The van der Waals surface area contributed by atoms with E-state index < -0.39 is 0 Å². The Morgan fingerprint density at radius 2 is 2.32 bits per heavy atom. The largest absolute Gasteiger partial charge is 0.467 e. The van der Waals surface area contributed by atoms with Crippen molar-refractivity contribution in [3.8, 4) is 0 Å². The molecule has 19 heavy (non-hydrogen) atoms. The number of urea groups is 1. The average molecular weight is 262 g/mol. The van der Waals surface area contributed by atoms with Crippen LogP contribution in [0.2, 0.25) is 0 Å². The Kier molecular flexibility index (Phi) is 3.49. The molecule has 104 valence electrons. The number of hydrogen-bond donors (Lipinski definition) is 0. The Labute approximate surface area is 114 Å². The van der Waals surface area contributed by atoms with Gasteiger partial charge in [-0.2, -0.15) is 0 Å². The van der Waals surface area contributed by atoms with Crippen molar-refractivity contribution in [2.75, 3.05) is 13.1 Å². The van der Waals surface area contributed by atoms with Crippen LogP contribution in [-0.2, 0) is 6.54 Å². The van der Waals surface area contributed by atoms with E-state index in [9.17, 15) is 4.79 Å². The summed E-state index contributed by atoms with van der Waals surface area (Å²) < 4.78 is 5.39. The Morgan fingerprint density at radius 1 is 1.47 bits per heavy atom. The summed E-state index contributed by atoms with van der Waals surface area (Å²) in [5.74, 6) is 1.51. The summed E-state index contributed by atoms with van der Waals surface area (Å²) in [6.07, 6.45) is 6.32. The molecule has 0 radical (unpaired) electrons. The fraction of sp³-hybridized carbons (Fsp3) is 0.667. The first kappa shape index (κ1) is 12.6. The quantitative estimate of drug-likeness (QED) is 0.839. The van der Waals surface area contributed by atoms with Gasteiger partial charge in [0, 0.05) is 19.1 Å². The molecule has 0 N–H and O–H groups in total. The van der Waals surface area contributed by atoms with Crippen molar-refractivity contribution in [3.05, 3.63) is 24.2 Å². The van der Waals surface area contributed by atoms with Gasteiger partial charge in [0.25, 0.3) is 0 Å². The molecule has 0 spiro atoms. The maximum absolute atomic E-state index is 12.7. The first-order valence-corrected chi connectivity index (χ1v) is 7.32. The number of hydrogen-bond acceptors (Lipinski definition) is 2. The van der Waals surface area contributed by atoms with Gasteiger partial charge in [0.1, 0.15) is 5.76 Å². The van der Waals surface area contributed by atoms with Crippen molar-refractivity contribution in [1.29, 1.82) is 0 Å². The molecule has 1 aliphatic carbocycles. The summed E-state index contributed by atoms with van der Waals surface area (Å²) in [6, 6.07) is 4.45. The van der Waals surface area contributed by atoms with E-state index in [0.29, 0.717) is 18.5 Å². The van der Waals surface area contributed by atoms with Gasteiger partial charge in [-0.15, -0.1) is 0 Å². The molecule has 1 saturated heterocycles. The Bertz CT molecular complexity index is 425. The van der Waals surface area contributed by atoms with Gasteiger partial charge in [-0.1, -0.05) is 6.92 Å². The Hall–Kier alpha value is -1.45. The highest BCUT2D eigenvalue weighted by Crippen LogP contribution is 2.30. The maximum atomic E-state index is 12.7. The van der Waals surface area contributed by atoms with Gasteiger partial charge in [0.05, 0.1) is 12.8 Å². The van der Waals surface area contributed by atoms with Crippen molar-refractivity contribution in [2.45, 2.75) is 45.2 Å². The van der Waals surface area contributed by atoms with Gasteiger partial charge in [0.15, 0.2) is 0 Å². The van der Waals surface area contributed by atoms with Gasteiger partial charge in [-0.3, -0.25) is 0 Å². The van der Waals surface area contributed by atoms with Crippen LogP contribution in [0, 0.1) is 5.92 Å². The molecule has 2 heterocycles. The third-order valence-corrected chi connectivity index (χ3v) is 4.07. The molecule has 1 saturated carbocycles. The van der Waals surface area contributed by atoms with Crippen LogP contribution in [0.15, 0.2) is 22.8 Å². The highest BCUT2D eigenvalue weighted by Gasteiger charge is 2.36. The minimum atomic E-state index is 0.199. The summed E-state index contributed by atoms with van der Waals surface area (Å²) in [5.41, 5.74) is 0. The van der Waals surface area contributed by atoms with Gasteiger partial charge < -0.3 is 14.2 Å². The molecule has 1 aliphatic heterocycles. The number of carbonyl (C=O) groups is 1. The highest BCUT2D eigenvalue weighted by atomic mass is 16.3. The number of amides is 2. The molecule has 2 fully saturated rings. The van der Waals surface area contributed by atoms with E-state index in [1.807, 2.05) is 21.9 Å². The summed E-state index contributed by atoms with van der Waals surface area (Å²) >= 11 is 0. The van der Waals surface area contributed by atoms with Crippen LogP contribution in [0.4, 0.5) is 4.79 Å². The molecule has 1 aromatic heterocycles. The standard InChI is InChI=1S/C15H22N2O2/c1-12-4-2-8-16(10-12)15(18)17(13-6-7-13)11-14-5-3-9-19-14/h3,5,9,12-13H,2,4,6-8,10-11H2,1H3. The topological polar surface area (TPSA) is 36.7 Å². The molecule has 1 aromatic rings. The van der Waals surface area contributed by atoms with Crippen molar-refractivity contribution >= 4 is 6.03 Å². The molecule has 0 bridgehead atoms. The minimum absolute atomic E-state index is 0.199. The van der Waals surface area contributed by atoms with E-state index in [0.717, 1.165) is 38.1 Å². The third kappa shape index (κ3) is 2.94.